The molecule has 1 fully saturated rings. The molecule has 12 heteroatoms. The number of sulfone groups is 1. The van der Waals surface area contributed by atoms with E-state index >= 15 is 0 Å². The zero-order valence-corrected chi connectivity index (χ0v) is 22.4. The summed E-state index contributed by atoms with van der Waals surface area (Å²) in [5.74, 6) is 0.585. The van der Waals surface area contributed by atoms with Crippen LogP contribution in [0.1, 0.15) is 28.6 Å². The van der Waals surface area contributed by atoms with Gasteiger partial charge >= 0.3 is 0 Å². The standard InChI is InChI=1S/C26H22ClFN4O4S2/c27-19-11-30-26(31-12-19)32-7-5-16(6-8-32)25-29-13-20(37-25)14-35-22-3-1-17(9-21(22)28)18-2-4-24-23(10-18)36-15-38(24,33)34/h1-4,9-13,16H,5-8,14-15H2. The molecule has 8 nitrogen and oxygen atoms in total. The Kier molecular flexibility index (Phi) is 6.67. The molecule has 2 aromatic heterocycles. The van der Waals surface area contributed by atoms with Crippen LogP contribution in [0.25, 0.3) is 11.1 Å². The van der Waals surface area contributed by atoms with Gasteiger partial charge in [-0.15, -0.1) is 11.3 Å². The number of anilines is 1. The molecule has 2 aliphatic rings. The minimum absolute atomic E-state index is 0.139. The lowest BCUT2D eigenvalue weighted by Gasteiger charge is -2.30. The summed E-state index contributed by atoms with van der Waals surface area (Å²) in [5, 5.41) is 1.57. The first kappa shape index (κ1) is 25.0. The van der Waals surface area contributed by atoms with Gasteiger partial charge in [0, 0.05) is 25.2 Å². The lowest BCUT2D eigenvalue weighted by molar-refractivity contribution is 0.293. The predicted octanol–water partition coefficient (Wildman–Crippen LogP) is 5.48. The van der Waals surface area contributed by atoms with Crippen molar-refractivity contribution in [2.24, 2.45) is 0 Å². The monoisotopic (exact) mass is 572 g/mol. The van der Waals surface area contributed by atoms with E-state index in [2.05, 4.69) is 19.9 Å². The van der Waals surface area contributed by atoms with Gasteiger partial charge in [-0.25, -0.2) is 27.8 Å². The highest BCUT2D eigenvalue weighted by Gasteiger charge is 2.28. The van der Waals surface area contributed by atoms with E-state index in [-0.39, 0.29) is 28.9 Å². The van der Waals surface area contributed by atoms with Gasteiger partial charge in [0.15, 0.2) is 17.5 Å². The largest absolute Gasteiger partial charge is 0.485 e. The van der Waals surface area contributed by atoms with E-state index in [4.69, 9.17) is 21.1 Å². The van der Waals surface area contributed by atoms with Gasteiger partial charge in [0.2, 0.25) is 15.8 Å². The van der Waals surface area contributed by atoms with Gasteiger partial charge in [0.1, 0.15) is 17.3 Å². The smallest absolute Gasteiger partial charge is 0.225 e. The maximum absolute atomic E-state index is 14.8. The van der Waals surface area contributed by atoms with Crippen molar-refractivity contribution in [2.45, 2.75) is 30.3 Å². The summed E-state index contributed by atoms with van der Waals surface area (Å²) in [6, 6.07) is 9.43. The Bertz CT molecular complexity index is 1590. The van der Waals surface area contributed by atoms with E-state index in [0.29, 0.717) is 28.0 Å². The third-order valence-corrected chi connectivity index (χ3v) is 9.35. The molecule has 2 aromatic carbocycles. The quantitative estimate of drug-likeness (QED) is 0.300. The van der Waals surface area contributed by atoms with E-state index < -0.39 is 15.7 Å². The molecule has 0 saturated carbocycles. The van der Waals surface area contributed by atoms with Gasteiger partial charge in [-0.3, -0.25) is 0 Å². The van der Waals surface area contributed by atoms with Crippen LogP contribution in [0.3, 0.4) is 0 Å². The molecule has 0 amide bonds. The second-order valence-corrected chi connectivity index (χ2v) is 12.6. The van der Waals surface area contributed by atoms with Crippen molar-refractivity contribution in [2.75, 3.05) is 23.9 Å². The average Bonchev–Trinajstić information content (AvgIpc) is 3.52. The average molecular weight is 573 g/mol. The third kappa shape index (κ3) is 5.05. The van der Waals surface area contributed by atoms with Crippen molar-refractivity contribution < 1.29 is 22.3 Å². The highest BCUT2D eigenvalue weighted by molar-refractivity contribution is 7.91. The minimum Gasteiger partial charge on any atom is -0.485 e. The molecule has 0 spiro atoms. The maximum atomic E-state index is 14.8. The number of nitrogens with zero attached hydrogens (tertiary/aromatic N) is 4. The Morgan fingerprint density at radius 2 is 1.79 bits per heavy atom. The second-order valence-electron chi connectivity index (χ2n) is 9.10. The number of piperidine rings is 1. The van der Waals surface area contributed by atoms with Crippen molar-refractivity contribution >= 4 is 38.7 Å². The van der Waals surface area contributed by atoms with Gasteiger partial charge in [-0.2, -0.15) is 0 Å². The Morgan fingerprint density at radius 1 is 1.05 bits per heavy atom. The summed E-state index contributed by atoms with van der Waals surface area (Å²) in [6.45, 7) is 1.89. The molecule has 1 saturated heterocycles. The molecular weight excluding hydrogens is 551 g/mol. The number of halogens is 2. The predicted molar refractivity (Wildman–Crippen MR) is 142 cm³/mol. The van der Waals surface area contributed by atoms with Crippen molar-refractivity contribution in [1.82, 2.24) is 15.0 Å². The summed E-state index contributed by atoms with van der Waals surface area (Å²) in [6.07, 6.45) is 6.89. The van der Waals surface area contributed by atoms with Crippen LogP contribution in [-0.2, 0) is 16.4 Å². The summed E-state index contributed by atoms with van der Waals surface area (Å²) >= 11 is 7.47. The Morgan fingerprint density at radius 3 is 2.55 bits per heavy atom. The lowest BCUT2D eigenvalue weighted by atomic mass is 9.98. The summed E-state index contributed by atoms with van der Waals surface area (Å²) < 4.78 is 49.8. The van der Waals surface area contributed by atoms with Crippen LogP contribution in [-0.4, -0.2) is 42.4 Å². The van der Waals surface area contributed by atoms with Crippen LogP contribution >= 0.6 is 22.9 Å². The molecule has 0 unspecified atom stereocenters. The number of aromatic nitrogens is 3. The van der Waals surface area contributed by atoms with Crippen molar-refractivity contribution in [3.8, 4) is 22.6 Å². The number of hydrogen-bond acceptors (Lipinski definition) is 9. The fourth-order valence-electron chi connectivity index (χ4n) is 4.58. The first-order chi connectivity index (χ1) is 18.4. The lowest BCUT2D eigenvalue weighted by Crippen LogP contribution is -2.34. The van der Waals surface area contributed by atoms with Crippen LogP contribution in [0.5, 0.6) is 11.5 Å². The molecule has 0 aliphatic carbocycles. The van der Waals surface area contributed by atoms with Gasteiger partial charge in [-0.05, 0) is 48.2 Å². The zero-order valence-electron chi connectivity index (χ0n) is 20.0. The first-order valence-electron chi connectivity index (χ1n) is 12.0. The molecule has 0 bridgehead atoms. The number of thiazole rings is 1. The summed E-state index contributed by atoms with van der Waals surface area (Å²) in [7, 11) is -3.41. The van der Waals surface area contributed by atoms with Gasteiger partial charge in [-0.1, -0.05) is 23.7 Å². The van der Waals surface area contributed by atoms with Crippen LogP contribution in [0, 0.1) is 5.82 Å². The normalized spacial score (nSPS) is 16.7. The molecule has 0 radical (unpaired) electrons. The van der Waals surface area contributed by atoms with Crippen molar-refractivity contribution in [1.29, 1.82) is 0 Å². The molecule has 0 N–H and O–H groups in total. The van der Waals surface area contributed by atoms with Crippen LogP contribution < -0.4 is 14.4 Å². The third-order valence-electron chi connectivity index (χ3n) is 6.59. The van der Waals surface area contributed by atoms with Crippen LogP contribution in [0.4, 0.5) is 10.3 Å². The van der Waals surface area contributed by atoms with Gasteiger partial charge in [0.25, 0.3) is 0 Å². The molecule has 4 aromatic rings. The molecule has 196 valence electrons. The number of benzene rings is 2. The van der Waals surface area contributed by atoms with Crippen LogP contribution in [0.15, 0.2) is 59.9 Å². The highest BCUT2D eigenvalue weighted by atomic mass is 35.5. The van der Waals surface area contributed by atoms with E-state index in [1.807, 2.05) is 0 Å². The Labute approximate surface area is 228 Å². The zero-order chi connectivity index (χ0) is 26.3. The van der Waals surface area contributed by atoms with Crippen LogP contribution in [0.2, 0.25) is 5.02 Å². The molecule has 6 rings (SSSR count). The van der Waals surface area contributed by atoms with Crippen molar-refractivity contribution in [3.05, 3.63) is 75.7 Å². The van der Waals surface area contributed by atoms with Gasteiger partial charge < -0.3 is 14.4 Å². The molecule has 0 atom stereocenters. The fourth-order valence-corrected chi connectivity index (χ4v) is 6.79. The second kappa shape index (κ2) is 10.1. The summed E-state index contributed by atoms with van der Waals surface area (Å²) in [5.41, 5.74) is 1.26. The number of hydrogen-bond donors (Lipinski definition) is 0. The van der Waals surface area contributed by atoms with E-state index in [0.717, 1.165) is 35.8 Å². The van der Waals surface area contributed by atoms with E-state index in [9.17, 15) is 12.8 Å². The van der Waals surface area contributed by atoms with E-state index in [1.54, 1.807) is 54.2 Å². The minimum atomic E-state index is -3.41. The Hall–Kier alpha value is -3.28. The summed E-state index contributed by atoms with van der Waals surface area (Å²) in [4.78, 5) is 16.4. The molecular formula is C26H22ClFN4O4S2. The highest BCUT2D eigenvalue weighted by Crippen LogP contribution is 2.37. The number of ether oxygens (including phenoxy) is 2. The van der Waals surface area contributed by atoms with Gasteiger partial charge in [0.05, 0.1) is 27.3 Å². The first-order valence-corrected chi connectivity index (χ1v) is 14.8. The Balaban J connectivity index is 1.06. The maximum Gasteiger partial charge on any atom is 0.225 e. The topological polar surface area (TPSA) is 94.5 Å². The number of rotatable bonds is 6. The van der Waals surface area contributed by atoms with E-state index in [1.165, 1.54) is 12.1 Å². The molecule has 4 heterocycles. The fraction of sp³-hybridized carbons (Fsp3) is 0.269. The number of fused-ring (bicyclic) bond motifs is 1. The van der Waals surface area contributed by atoms with Crippen molar-refractivity contribution in [3.63, 3.8) is 0 Å². The SMILES string of the molecule is O=S1(=O)COc2cc(-c3ccc(OCc4cnc(C5CCN(c6ncc(Cl)cn6)CC5)s4)c(F)c3)ccc21. The molecule has 2 aliphatic heterocycles. The molecule has 38 heavy (non-hydrogen) atoms.